The van der Waals surface area contributed by atoms with Gasteiger partial charge >= 0.3 is 12.1 Å². The van der Waals surface area contributed by atoms with Gasteiger partial charge in [-0.3, -0.25) is 0 Å². The summed E-state index contributed by atoms with van der Waals surface area (Å²) in [5, 5.41) is 2.52. The van der Waals surface area contributed by atoms with Gasteiger partial charge in [0.15, 0.2) is 0 Å². The molecule has 0 fully saturated rings. The van der Waals surface area contributed by atoms with Crippen molar-refractivity contribution in [1.29, 1.82) is 0 Å². The van der Waals surface area contributed by atoms with Gasteiger partial charge in [-0.25, -0.2) is 9.59 Å². The van der Waals surface area contributed by atoms with Gasteiger partial charge in [0.2, 0.25) is 0 Å². The Hall–Kier alpha value is -0.970. The van der Waals surface area contributed by atoms with Crippen LogP contribution in [0.1, 0.15) is 40.0 Å². The highest BCUT2D eigenvalue weighted by Crippen LogP contribution is 2.05. The summed E-state index contributed by atoms with van der Waals surface area (Å²) in [5.41, 5.74) is 0. The Kier molecular flexibility index (Phi) is 10.4. The van der Waals surface area contributed by atoms with Crippen LogP contribution < -0.4 is 5.32 Å². The van der Waals surface area contributed by atoms with Gasteiger partial charge in [0, 0.05) is 0 Å². The van der Waals surface area contributed by atoms with E-state index in [-0.39, 0.29) is 18.4 Å². The second kappa shape index (κ2) is 10.9. The molecule has 0 rings (SSSR count). The van der Waals surface area contributed by atoms with Crippen molar-refractivity contribution < 1.29 is 19.1 Å². The molecule has 19 heavy (non-hydrogen) atoms. The van der Waals surface area contributed by atoms with Crippen molar-refractivity contribution in [3.63, 3.8) is 0 Å². The lowest BCUT2D eigenvalue weighted by Crippen LogP contribution is -2.42. The zero-order valence-electron chi connectivity index (χ0n) is 11.9. The second-order valence-electron chi connectivity index (χ2n) is 4.69. The van der Waals surface area contributed by atoms with E-state index in [1.54, 1.807) is 0 Å². The van der Waals surface area contributed by atoms with E-state index < -0.39 is 18.1 Å². The van der Waals surface area contributed by atoms with Gasteiger partial charge in [-0.1, -0.05) is 33.6 Å². The van der Waals surface area contributed by atoms with Crippen LogP contribution in [0.3, 0.4) is 0 Å². The zero-order chi connectivity index (χ0) is 14.7. The number of carbonyl (C=O) groups excluding carboxylic acids is 2. The third-order valence-electron chi connectivity index (χ3n) is 2.29. The van der Waals surface area contributed by atoms with Crippen LogP contribution >= 0.6 is 11.6 Å². The van der Waals surface area contributed by atoms with Crippen LogP contribution in [0.5, 0.6) is 0 Å². The van der Waals surface area contributed by atoms with E-state index in [9.17, 15) is 9.59 Å². The Morgan fingerprint density at radius 3 is 2.47 bits per heavy atom. The van der Waals surface area contributed by atoms with Crippen LogP contribution in [-0.2, 0) is 14.3 Å². The molecule has 0 spiro atoms. The lowest BCUT2D eigenvalue weighted by atomic mass is 10.1. The molecule has 0 heterocycles. The molecule has 5 nitrogen and oxygen atoms in total. The average Bonchev–Trinajstić information content (AvgIpc) is 2.38. The molecule has 112 valence electrons. The van der Waals surface area contributed by atoms with Gasteiger partial charge in [-0.2, -0.15) is 0 Å². The first-order valence-electron chi connectivity index (χ1n) is 6.67. The summed E-state index contributed by atoms with van der Waals surface area (Å²) in [5.74, 6) is 0.0779. The molecule has 0 radical (unpaired) electrons. The highest BCUT2D eigenvalue weighted by atomic mass is 35.5. The Bertz CT molecular complexity index is 271. The normalized spacial score (nSPS) is 12.1. The Morgan fingerprint density at radius 2 is 1.95 bits per heavy atom. The molecule has 0 saturated heterocycles. The summed E-state index contributed by atoms with van der Waals surface area (Å²) >= 11 is 5.42. The molecule has 1 amide bonds. The van der Waals surface area contributed by atoms with Gasteiger partial charge in [0.05, 0.1) is 12.5 Å². The lowest BCUT2D eigenvalue weighted by molar-refractivity contribution is -0.147. The fourth-order valence-corrected chi connectivity index (χ4v) is 1.40. The van der Waals surface area contributed by atoms with Gasteiger partial charge in [0.25, 0.3) is 0 Å². The van der Waals surface area contributed by atoms with Crippen molar-refractivity contribution in [2.45, 2.75) is 46.1 Å². The zero-order valence-corrected chi connectivity index (χ0v) is 12.7. The van der Waals surface area contributed by atoms with Crippen LogP contribution in [0.4, 0.5) is 4.79 Å². The summed E-state index contributed by atoms with van der Waals surface area (Å²) in [7, 11) is 0. The summed E-state index contributed by atoms with van der Waals surface area (Å²) in [6.45, 7) is 6.39. The summed E-state index contributed by atoms with van der Waals surface area (Å²) in [4.78, 5) is 23.3. The topological polar surface area (TPSA) is 64.6 Å². The number of hydrogen-bond acceptors (Lipinski definition) is 4. The molecule has 0 aromatic carbocycles. The van der Waals surface area contributed by atoms with E-state index >= 15 is 0 Å². The van der Waals surface area contributed by atoms with Crippen molar-refractivity contribution in [3.05, 3.63) is 0 Å². The molecular formula is C13H24ClNO4. The maximum Gasteiger partial charge on any atom is 0.407 e. The Balaban J connectivity index is 4.27. The van der Waals surface area contributed by atoms with Crippen molar-refractivity contribution in [2.24, 2.45) is 5.92 Å². The molecule has 0 bridgehead atoms. The third kappa shape index (κ3) is 9.59. The highest BCUT2D eigenvalue weighted by Gasteiger charge is 2.22. The number of unbranched alkanes of at least 4 members (excludes halogenated alkanes) is 1. The minimum atomic E-state index is -0.651. The maximum absolute atomic E-state index is 11.8. The van der Waals surface area contributed by atoms with Crippen molar-refractivity contribution >= 4 is 23.7 Å². The molecule has 0 aliphatic heterocycles. The summed E-state index contributed by atoms with van der Waals surface area (Å²) in [6.07, 6.45) is 1.68. The Labute approximate surface area is 120 Å². The molecule has 0 aliphatic rings. The monoisotopic (exact) mass is 293 g/mol. The number of amides is 1. The maximum atomic E-state index is 11.8. The standard InChI is InChI=1S/C13H24ClNO4/c1-4-5-6-11(12(16)19-9-10(2)3)15-13(17)18-8-7-14/h10-11H,4-9H2,1-3H3,(H,15,17). The second-order valence-corrected chi connectivity index (χ2v) is 5.07. The fraction of sp³-hybridized carbons (Fsp3) is 0.846. The van der Waals surface area contributed by atoms with Gasteiger partial charge < -0.3 is 14.8 Å². The van der Waals surface area contributed by atoms with Crippen LogP contribution in [0.15, 0.2) is 0 Å². The molecule has 1 atom stereocenters. The molecule has 0 aromatic heterocycles. The molecule has 0 aromatic rings. The third-order valence-corrected chi connectivity index (χ3v) is 2.45. The molecular weight excluding hydrogens is 270 g/mol. The SMILES string of the molecule is CCCCC(NC(=O)OCCCl)C(=O)OCC(C)C. The highest BCUT2D eigenvalue weighted by molar-refractivity contribution is 6.18. The van der Waals surface area contributed by atoms with E-state index in [0.29, 0.717) is 13.0 Å². The van der Waals surface area contributed by atoms with Gasteiger partial charge in [0.1, 0.15) is 12.6 Å². The minimum absolute atomic E-state index is 0.120. The van der Waals surface area contributed by atoms with Crippen LogP contribution in [0.2, 0.25) is 0 Å². The number of rotatable bonds is 9. The van der Waals surface area contributed by atoms with E-state index in [1.807, 2.05) is 20.8 Å². The number of hydrogen-bond donors (Lipinski definition) is 1. The van der Waals surface area contributed by atoms with Gasteiger partial charge in [-0.15, -0.1) is 11.6 Å². The van der Waals surface area contributed by atoms with E-state index in [1.165, 1.54) is 0 Å². The number of carbonyl (C=O) groups is 2. The predicted molar refractivity (Wildman–Crippen MR) is 74.3 cm³/mol. The van der Waals surface area contributed by atoms with Gasteiger partial charge in [-0.05, 0) is 12.3 Å². The summed E-state index contributed by atoms with van der Waals surface area (Å²) in [6, 6.07) is -0.651. The van der Waals surface area contributed by atoms with Crippen molar-refractivity contribution in [2.75, 3.05) is 19.1 Å². The number of alkyl carbamates (subject to hydrolysis) is 1. The van der Waals surface area contributed by atoms with Crippen LogP contribution in [0, 0.1) is 5.92 Å². The number of alkyl halides is 1. The number of esters is 1. The average molecular weight is 294 g/mol. The lowest BCUT2D eigenvalue weighted by Gasteiger charge is -2.17. The van der Waals surface area contributed by atoms with Crippen LogP contribution in [-0.4, -0.2) is 37.2 Å². The molecule has 0 saturated carbocycles. The first-order valence-corrected chi connectivity index (χ1v) is 7.20. The van der Waals surface area contributed by atoms with Crippen molar-refractivity contribution in [1.82, 2.24) is 5.32 Å². The number of ether oxygens (including phenoxy) is 2. The molecule has 0 aliphatic carbocycles. The smallest absolute Gasteiger partial charge is 0.407 e. The molecule has 1 N–H and O–H groups in total. The van der Waals surface area contributed by atoms with E-state index in [4.69, 9.17) is 21.1 Å². The van der Waals surface area contributed by atoms with E-state index in [2.05, 4.69) is 5.32 Å². The number of halogens is 1. The van der Waals surface area contributed by atoms with Crippen molar-refractivity contribution in [3.8, 4) is 0 Å². The van der Waals surface area contributed by atoms with E-state index in [0.717, 1.165) is 12.8 Å². The Morgan fingerprint density at radius 1 is 1.26 bits per heavy atom. The fourth-order valence-electron chi connectivity index (χ4n) is 1.32. The summed E-state index contributed by atoms with van der Waals surface area (Å²) < 4.78 is 9.92. The quantitative estimate of drug-likeness (QED) is 0.524. The van der Waals surface area contributed by atoms with Crippen LogP contribution in [0.25, 0.3) is 0 Å². The predicted octanol–water partition coefficient (Wildman–Crippen LogP) is 2.71. The molecule has 1 unspecified atom stereocenters. The largest absolute Gasteiger partial charge is 0.464 e. The minimum Gasteiger partial charge on any atom is -0.464 e. The first-order chi connectivity index (χ1) is 9.01. The number of nitrogens with one attached hydrogen (secondary N) is 1. The molecule has 6 heteroatoms. The first kappa shape index (κ1) is 18.0.